The Bertz CT molecular complexity index is 674. The lowest BCUT2D eigenvalue weighted by Crippen LogP contribution is -1.94. The van der Waals surface area contributed by atoms with E-state index in [1.807, 2.05) is 30.3 Å². The number of pyridine rings is 1. The third-order valence-corrected chi connectivity index (χ3v) is 2.56. The molecule has 82 valence electrons. The van der Waals surface area contributed by atoms with Crippen LogP contribution in [0.2, 0.25) is 0 Å². The number of fused-ring (bicyclic) bond motifs is 1. The van der Waals surface area contributed by atoms with Crippen molar-refractivity contribution in [1.82, 2.24) is 15.0 Å². The first-order valence-electron chi connectivity index (χ1n) is 5.26. The fourth-order valence-corrected chi connectivity index (χ4v) is 1.82. The maximum absolute atomic E-state index is 5.65. The van der Waals surface area contributed by atoms with E-state index in [2.05, 4.69) is 15.0 Å². The first kappa shape index (κ1) is 9.72. The van der Waals surface area contributed by atoms with Gasteiger partial charge in [-0.05, 0) is 6.07 Å². The molecule has 0 aliphatic carbocycles. The molecule has 0 aliphatic rings. The molecule has 4 nitrogen and oxygen atoms in total. The molecule has 0 unspecified atom stereocenters. The predicted molar refractivity (Wildman–Crippen MR) is 67.2 cm³/mol. The predicted octanol–water partition coefficient (Wildman–Crippen LogP) is 2.27. The van der Waals surface area contributed by atoms with Crippen molar-refractivity contribution in [1.29, 1.82) is 0 Å². The molecule has 3 rings (SSSR count). The summed E-state index contributed by atoms with van der Waals surface area (Å²) >= 11 is 0. The van der Waals surface area contributed by atoms with Gasteiger partial charge in [0.15, 0.2) is 0 Å². The van der Waals surface area contributed by atoms with Crippen LogP contribution in [0.4, 0.5) is 5.82 Å². The first-order valence-corrected chi connectivity index (χ1v) is 5.26. The van der Waals surface area contributed by atoms with Gasteiger partial charge < -0.3 is 5.73 Å². The Balaban J connectivity index is 2.30. The van der Waals surface area contributed by atoms with Crippen LogP contribution in [0.25, 0.3) is 22.2 Å². The molecule has 0 spiro atoms. The molecule has 0 bridgehead atoms. The number of hydrogen-bond donors (Lipinski definition) is 1. The number of anilines is 1. The molecule has 0 aliphatic heterocycles. The normalized spacial score (nSPS) is 10.6. The topological polar surface area (TPSA) is 64.7 Å². The van der Waals surface area contributed by atoms with E-state index in [4.69, 9.17) is 5.73 Å². The average molecular weight is 222 g/mol. The number of nitrogens with zero attached hydrogens (tertiary/aromatic N) is 3. The van der Waals surface area contributed by atoms with Crippen LogP contribution in [0.1, 0.15) is 0 Å². The zero-order chi connectivity index (χ0) is 11.7. The molecule has 0 saturated carbocycles. The van der Waals surface area contributed by atoms with Crippen LogP contribution in [0.3, 0.4) is 0 Å². The number of rotatable bonds is 1. The van der Waals surface area contributed by atoms with Gasteiger partial charge in [-0.25, -0.2) is 4.98 Å². The van der Waals surface area contributed by atoms with Gasteiger partial charge in [-0.15, -0.1) is 0 Å². The molecule has 0 radical (unpaired) electrons. The lowest BCUT2D eigenvalue weighted by atomic mass is 10.1. The van der Waals surface area contributed by atoms with Gasteiger partial charge in [0.1, 0.15) is 5.82 Å². The lowest BCUT2D eigenvalue weighted by molar-refractivity contribution is 1.22. The minimum atomic E-state index is 0.412. The molecule has 0 saturated heterocycles. The Hall–Kier alpha value is -2.49. The van der Waals surface area contributed by atoms with E-state index in [-0.39, 0.29) is 0 Å². The second kappa shape index (κ2) is 3.83. The number of benzene rings is 1. The number of para-hydroxylation sites is 1. The minimum absolute atomic E-state index is 0.412. The summed E-state index contributed by atoms with van der Waals surface area (Å²) in [5.41, 5.74) is 8.25. The molecule has 0 atom stereocenters. The van der Waals surface area contributed by atoms with Gasteiger partial charge >= 0.3 is 0 Å². The van der Waals surface area contributed by atoms with E-state index in [0.29, 0.717) is 5.82 Å². The van der Waals surface area contributed by atoms with Gasteiger partial charge in [-0.1, -0.05) is 24.3 Å². The standard InChI is InChI=1S/C13H10N4/c14-12-8-15-7-11(17-12)10-5-1-3-9-4-2-6-16-13(9)10/h1-8H,(H2,14,17). The zero-order valence-corrected chi connectivity index (χ0v) is 9.04. The number of nitrogen functional groups attached to an aromatic ring is 1. The Labute approximate surface area is 98.2 Å². The molecule has 3 aromatic rings. The number of aromatic nitrogens is 3. The maximum atomic E-state index is 5.65. The van der Waals surface area contributed by atoms with Crippen LogP contribution in [-0.2, 0) is 0 Å². The number of hydrogen-bond acceptors (Lipinski definition) is 4. The van der Waals surface area contributed by atoms with Crippen molar-refractivity contribution >= 4 is 16.7 Å². The fourth-order valence-electron chi connectivity index (χ4n) is 1.82. The smallest absolute Gasteiger partial charge is 0.142 e. The highest BCUT2D eigenvalue weighted by Gasteiger charge is 2.06. The van der Waals surface area contributed by atoms with E-state index in [1.54, 1.807) is 12.4 Å². The molecular weight excluding hydrogens is 212 g/mol. The summed E-state index contributed by atoms with van der Waals surface area (Å²) < 4.78 is 0. The molecule has 2 aromatic heterocycles. The number of nitrogens with two attached hydrogens (primary N) is 1. The van der Waals surface area contributed by atoms with E-state index in [1.165, 1.54) is 6.20 Å². The molecule has 4 heteroatoms. The molecule has 1 aromatic carbocycles. The highest BCUT2D eigenvalue weighted by Crippen LogP contribution is 2.25. The molecule has 2 heterocycles. The highest BCUT2D eigenvalue weighted by atomic mass is 14.9. The van der Waals surface area contributed by atoms with Crippen molar-refractivity contribution in [3.63, 3.8) is 0 Å². The monoisotopic (exact) mass is 222 g/mol. The van der Waals surface area contributed by atoms with Crippen LogP contribution in [0.5, 0.6) is 0 Å². The van der Waals surface area contributed by atoms with Gasteiger partial charge in [0, 0.05) is 17.1 Å². The van der Waals surface area contributed by atoms with Gasteiger partial charge in [0.2, 0.25) is 0 Å². The fraction of sp³-hybridized carbons (Fsp3) is 0. The Kier molecular flexibility index (Phi) is 2.19. The SMILES string of the molecule is Nc1cncc(-c2cccc3cccnc23)n1. The third-order valence-electron chi connectivity index (χ3n) is 2.56. The summed E-state index contributed by atoms with van der Waals surface area (Å²) in [7, 11) is 0. The van der Waals surface area contributed by atoms with Crippen molar-refractivity contribution < 1.29 is 0 Å². The van der Waals surface area contributed by atoms with Gasteiger partial charge in [-0.3, -0.25) is 9.97 Å². The molecule has 17 heavy (non-hydrogen) atoms. The summed E-state index contributed by atoms with van der Waals surface area (Å²) in [5, 5.41) is 1.08. The van der Waals surface area contributed by atoms with Crippen molar-refractivity contribution in [2.45, 2.75) is 0 Å². The second-order valence-corrected chi connectivity index (χ2v) is 3.71. The third kappa shape index (κ3) is 1.69. The summed E-state index contributed by atoms with van der Waals surface area (Å²) in [5.74, 6) is 0.412. The molecule has 2 N–H and O–H groups in total. The van der Waals surface area contributed by atoms with Crippen molar-refractivity contribution in [2.75, 3.05) is 5.73 Å². The van der Waals surface area contributed by atoms with Crippen LogP contribution in [0.15, 0.2) is 48.9 Å². The van der Waals surface area contributed by atoms with Gasteiger partial charge in [0.25, 0.3) is 0 Å². The Morgan fingerprint density at radius 3 is 2.76 bits per heavy atom. The summed E-state index contributed by atoms with van der Waals surface area (Å²) in [4.78, 5) is 12.7. The van der Waals surface area contributed by atoms with Crippen LogP contribution in [-0.4, -0.2) is 15.0 Å². The average Bonchev–Trinajstić information content (AvgIpc) is 2.38. The van der Waals surface area contributed by atoms with Crippen LogP contribution in [0, 0.1) is 0 Å². The largest absolute Gasteiger partial charge is 0.382 e. The van der Waals surface area contributed by atoms with E-state index in [9.17, 15) is 0 Å². The van der Waals surface area contributed by atoms with E-state index < -0.39 is 0 Å². The lowest BCUT2D eigenvalue weighted by Gasteiger charge is -2.04. The second-order valence-electron chi connectivity index (χ2n) is 3.71. The van der Waals surface area contributed by atoms with Crippen LogP contribution >= 0.6 is 0 Å². The van der Waals surface area contributed by atoms with Crippen molar-refractivity contribution in [3.8, 4) is 11.3 Å². The quantitative estimate of drug-likeness (QED) is 0.686. The van der Waals surface area contributed by atoms with Gasteiger partial charge in [-0.2, -0.15) is 0 Å². The van der Waals surface area contributed by atoms with Crippen molar-refractivity contribution in [3.05, 3.63) is 48.9 Å². The summed E-state index contributed by atoms with van der Waals surface area (Å²) in [6.07, 6.45) is 4.99. The van der Waals surface area contributed by atoms with Gasteiger partial charge in [0.05, 0.1) is 23.6 Å². The van der Waals surface area contributed by atoms with Crippen LogP contribution < -0.4 is 5.73 Å². The Morgan fingerprint density at radius 2 is 1.88 bits per heavy atom. The summed E-state index contributed by atoms with van der Waals surface area (Å²) in [6, 6.07) is 9.90. The molecule has 0 amide bonds. The molecule has 0 fully saturated rings. The maximum Gasteiger partial charge on any atom is 0.142 e. The van der Waals surface area contributed by atoms with Crippen molar-refractivity contribution in [2.24, 2.45) is 0 Å². The minimum Gasteiger partial charge on any atom is -0.382 e. The molecular formula is C13H10N4. The Morgan fingerprint density at radius 1 is 1.00 bits per heavy atom. The highest BCUT2D eigenvalue weighted by molar-refractivity contribution is 5.92. The van der Waals surface area contributed by atoms with E-state index in [0.717, 1.165) is 22.2 Å². The first-order chi connectivity index (χ1) is 8.34. The van der Waals surface area contributed by atoms with E-state index >= 15 is 0 Å². The zero-order valence-electron chi connectivity index (χ0n) is 9.04. The summed E-state index contributed by atoms with van der Waals surface area (Å²) in [6.45, 7) is 0.